The lowest BCUT2D eigenvalue weighted by atomic mass is 10.1. The van der Waals surface area contributed by atoms with Gasteiger partial charge in [-0.15, -0.1) is 0 Å². The molecular weight excluding hydrogens is 564 g/mol. The molecule has 0 saturated carbocycles. The lowest BCUT2D eigenvalue weighted by molar-refractivity contribution is 0.458. The van der Waals surface area contributed by atoms with Gasteiger partial charge in [-0.1, -0.05) is 12.1 Å². The fraction of sp³-hybridized carbons (Fsp3) is 0. The number of aromatic nitrogens is 10. The summed E-state index contributed by atoms with van der Waals surface area (Å²) in [4.78, 5) is 42.0. The molecule has 0 fully saturated rings. The SMILES string of the molecule is Fc1nc2nc3c4nc5ccccc5nc4c4nc5nc(F)c(I)nc5nc4c3nc2nc1F. The molecule has 0 spiro atoms. The number of benzene rings is 2. The molecular formula is C20H4F3IN10. The van der Waals surface area contributed by atoms with Gasteiger partial charge in [0.15, 0.2) is 9.35 Å². The van der Waals surface area contributed by atoms with Crippen molar-refractivity contribution in [2.45, 2.75) is 0 Å². The largest absolute Gasteiger partial charge is 0.270 e. The van der Waals surface area contributed by atoms with Crippen molar-refractivity contribution in [3.8, 4) is 0 Å². The Hall–Kier alpha value is -4.08. The minimum atomic E-state index is -1.41. The number of nitrogens with zero attached hydrogens (tertiary/aromatic N) is 10. The second-order valence-electron chi connectivity index (χ2n) is 7.16. The second kappa shape index (κ2) is 6.72. The molecule has 0 unspecified atom stereocenters. The monoisotopic (exact) mass is 568 g/mol. The summed E-state index contributed by atoms with van der Waals surface area (Å²) in [6.45, 7) is 0. The normalized spacial score (nSPS) is 12.1. The second-order valence-corrected chi connectivity index (χ2v) is 8.18. The van der Waals surface area contributed by atoms with Gasteiger partial charge in [0.05, 0.1) is 11.0 Å². The first-order valence-electron chi connectivity index (χ1n) is 9.56. The van der Waals surface area contributed by atoms with Crippen LogP contribution in [0.4, 0.5) is 13.2 Å². The van der Waals surface area contributed by atoms with Gasteiger partial charge in [0.1, 0.15) is 33.1 Å². The fourth-order valence-electron chi connectivity index (χ4n) is 3.68. The maximum absolute atomic E-state index is 14.1. The number of rotatable bonds is 0. The maximum atomic E-state index is 14.1. The van der Waals surface area contributed by atoms with Gasteiger partial charge in [-0.2, -0.15) is 28.1 Å². The van der Waals surface area contributed by atoms with Crippen LogP contribution in [0.1, 0.15) is 0 Å². The van der Waals surface area contributed by atoms with Gasteiger partial charge in [0, 0.05) is 0 Å². The third-order valence-electron chi connectivity index (χ3n) is 5.12. The molecule has 7 rings (SSSR count). The molecule has 0 radical (unpaired) electrons. The van der Waals surface area contributed by atoms with Gasteiger partial charge in [0.25, 0.3) is 11.9 Å². The molecule has 7 aromatic rings. The molecule has 34 heavy (non-hydrogen) atoms. The molecule has 0 atom stereocenters. The number of hydrogen-bond donors (Lipinski definition) is 0. The molecule has 0 amide bonds. The van der Waals surface area contributed by atoms with Crippen molar-refractivity contribution in [2.75, 3.05) is 0 Å². The smallest absolute Gasteiger partial charge is 0.242 e. The molecule has 5 aromatic heterocycles. The summed E-state index contributed by atoms with van der Waals surface area (Å²) in [6.07, 6.45) is 0. The predicted octanol–water partition coefficient (Wildman–Crippen LogP) is 3.58. The minimum absolute atomic E-state index is 0.00887. The zero-order valence-corrected chi connectivity index (χ0v) is 18.5. The average Bonchev–Trinajstić information content (AvgIpc) is 2.83. The molecule has 14 heteroatoms. The standard InChI is InChI=1S/C20H4F3IN10/c21-13-14(22)32-18-17(31-13)27-9-7-8(26-6-4-2-1-3-5(6)25-7)10-12(11(9)29-18)30-20-19(28-10)33-15(23)16(24)34-20/h1-4H. The molecule has 162 valence electrons. The maximum Gasteiger partial charge on any atom is 0.270 e. The van der Waals surface area contributed by atoms with Crippen molar-refractivity contribution in [3.05, 3.63) is 45.8 Å². The Morgan fingerprint density at radius 3 is 1.24 bits per heavy atom. The van der Waals surface area contributed by atoms with E-state index in [-0.39, 0.29) is 53.9 Å². The van der Waals surface area contributed by atoms with E-state index in [0.717, 1.165) is 0 Å². The number of para-hydroxylation sites is 2. The summed E-state index contributed by atoms with van der Waals surface area (Å²) in [6, 6.07) is 7.13. The summed E-state index contributed by atoms with van der Waals surface area (Å²) in [7, 11) is 0. The van der Waals surface area contributed by atoms with Gasteiger partial charge in [-0.25, -0.2) is 34.9 Å². The van der Waals surface area contributed by atoms with Crippen molar-refractivity contribution >= 4 is 89.3 Å². The van der Waals surface area contributed by atoms with Crippen LogP contribution in [0.25, 0.3) is 66.7 Å². The van der Waals surface area contributed by atoms with Crippen LogP contribution in [-0.2, 0) is 0 Å². The van der Waals surface area contributed by atoms with Crippen LogP contribution in [0, 0.1) is 21.5 Å². The molecule has 0 aliphatic heterocycles. The van der Waals surface area contributed by atoms with Gasteiger partial charge >= 0.3 is 0 Å². The summed E-state index contributed by atoms with van der Waals surface area (Å²) in [5.74, 6) is -3.60. The van der Waals surface area contributed by atoms with E-state index in [0.29, 0.717) is 16.6 Å². The molecule has 0 aliphatic carbocycles. The van der Waals surface area contributed by atoms with Crippen molar-refractivity contribution in [3.63, 3.8) is 0 Å². The van der Waals surface area contributed by atoms with E-state index in [1.807, 2.05) is 0 Å². The summed E-state index contributed by atoms with van der Waals surface area (Å²) in [5.41, 5.74) is 2.01. The first kappa shape index (κ1) is 19.4. The third-order valence-corrected chi connectivity index (χ3v) is 5.81. The minimum Gasteiger partial charge on any atom is -0.242 e. The van der Waals surface area contributed by atoms with Crippen LogP contribution in [-0.4, -0.2) is 49.8 Å². The van der Waals surface area contributed by atoms with E-state index in [2.05, 4.69) is 49.8 Å². The van der Waals surface area contributed by atoms with E-state index in [4.69, 9.17) is 0 Å². The van der Waals surface area contributed by atoms with E-state index >= 15 is 0 Å². The van der Waals surface area contributed by atoms with E-state index in [1.54, 1.807) is 46.9 Å². The van der Waals surface area contributed by atoms with Crippen molar-refractivity contribution in [2.24, 2.45) is 0 Å². The highest BCUT2D eigenvalue weighted by Crippen LogP contribution is 2.32. The Bertz CT molecular complexity index is 1890. The van der Waals surface area contributed by atoms with Crippen LogP contribution >= 0.6 is 22.6 Å². The van der Waals surface area contributed by atoms with Crippen LogP contribution in [0.2, 0.25) is 0 Å². The zero-order chi connectivity index (χ0) is 23.1. The summed E-state index contributed by atoms with van der Waals surface area (Å²) >= 11 is 1.69. The van der Waals surface area contributed by atoms with E-state index in [1.165, 1.54) is 0 Å². The molecule has 0 N–H and O–H groups in total. The van der Waals surface area contributed by atoms with Crippen LogP contribution < -0.4 is 0 Å². The molecule has 10 nitrogen and oxygen atoms in total. The first-order chi connectivity index (χ1) is 16.5. The molecule has 5 heterocycles. The van der Waals surface area contributed by atoms with Gasteiger partial charge in [0.2, 0.25) is 22.9 Å². The highest BCUT2D eigenvalue weighted by Gasteiger charge is 2.21. The highest BCUT2D eigenvalue weighted by atomic mass is 127. The topological polar surface area (TPSA) is 129 Å². The zero-order valence-electron chi connectivity index (χ0n) is 16.3. The van der Waals surface area contributed by atoms with Gasteiger partial charge < -0.3 is 0 Å². The molecule has 0 aliphatic rings. The van der Waals surface area contributed by atoms with Crippen molar-refractivity contribution in [1.29, 1.82) is 0 Å². The number of fused-ring (bicyclic) bond motifs is 9. The molecule has 0 saturated heterocycles. The van der Waals surface area contributed by atoms with Crippen molar-refractivity contribution in [1.82, 2.24) is 49.8 Å². The summed E-state index contributed by atoms with van der Waals surface area (Å²) in [5, 5.41) is 0. The molecule has 0 bridgehead atoms. The van der Waals surface area contributed by atoms with E-state index < -0.39 is 17.8 Å². The first-order valence-corrected chi connectivity index (χ1v) is 10.6. The lowest BCUT2D eigenvalue weighted by Crippen LogP contribution is -2.04. The quantitative estimate of drug-likeness (QED) is 0.152. The Balaban J connectivity index is 1.78. The van der Waals surface area contributed by atoms with E-state index in [9.17, 15) is 13.2 Å². The average molecular weight is 568 g/mol. The third kappa shape index (κ3) is 2.68. The van der Waals surface area contributed by atoms with Gasteiger partial charge in [-0.05, 0) is 34.7 Å². The Labute approximate surface area is 197 Å². The Morgan fingerprint density at radius 1 is 0.441 bits per heavy atom. The Morgan fingerprint density at radius 2 is 0.794 bits per heavy atom. The summed E-state index contributed by atoms with van der Waals surface area (Å²) < 4.78 is 41.6. The van der Waals surface area contributed by atoms with Crippen molar-refractivity contribution < 1.29 is 13.2 Å². The van der Waals surface area contributed by atoms with Crippen LogP contribution in [0.3, 0.4) is 0 Å². The Kier molecular flexibility index (Phi) is 3.83. The lowest BCUT2D eigenvalue weighted by Gasteiger charge is -2.09. The molecule has 2 aromatic carbocycles. The predicted molar refractivity (Wildman–Crippen MR) is 122 cm³/mol. The number of hydrogen-bond acceptors (Lipinski definition) is 10. The van der Waals surface area contributed by atoms with Crippen LogP contribution in [0.15, 0.2) is 24.3 Å². The fourth-order valence-corrected chi connectivity index (χ4v) is 4.03. The van der Waals surface area contributed by atoms with Crippen LogP contribution in [0.5, 0.6) is 0 Å². The van der Waals surface area contributed by atoms with Gasteiger partial charge in [-0.3, -0.25) is 0 Å². The number of halogens is 4. The highest BCUT2D eigenvalue weighted by molar-refractivity contribution is 14.1.